The van der Waals surface area contributed by atoms with Gasteiger partial charge in [-0.3, -0.25) is 4.79 Å². The Kier molecular flexibility index (Phi) is 5.34. The molecule has 0 aliphatic heterocycles. The maximum absolute atomic E-state index is 11.7. The van der Waals surface area contributed by atoms with Crippen LogP contribution in [0.15, 0.2) is 36.9 Å². The van der Waals surface area contributed by atoms with E-state index in [2.05, 4.69) is 11.9 Å². The van der Waals surface area contributed by atoms with Crippen LogP contribution in [0.2, 0.25) is 5.02 Å². The fourth-order valence-electron chi connectivity index (χ4n) is 1.72. The van der Waals surface area contributed by atoms with Crippen molar-refractivity contribution < 1.29 is 15.0 Å². The number of amides is 1. The summed E-state index contributed by atoms with van der Waals surface area (Å²) in [5, 5.41) is 23.1. The van der Waals surface area contributed by atoms with Crippen molar-refractivity contribution in [1.82, 2.24) is 5.32 Å². The fourth-order valence-corrected chi connectivity index (χ4v) is 2.06. The molecule has 0 spiro atoms. The maximum Gasteiger partial charge on any atom is 0.223 e. The number of carbonyl (C=O) groups excluding carboxylic acids is 1. The van der Waals surface area contributed by atoms with Crippen LogP contribution in [0.4, 0.5) is 0 Å². The largest absolute Gasteiger partial charge is 0.386 e. The van der Waals surface area contributed by atoms with Gasteiger partial charge in [0, 0.05) is 10.6 Å². The van der Waals surface area contributed by atoms with E-state index in [1.807, 2.05) is 0 Å². The third kappa shape index (κ3) is 4.63. The highest BCUT2D eigenvalue weighted by atomic mass is 35.5. The number of nitrogens with one attached hydrogen (secondary N) is 1. The first-order valence-corrected chi connectivity index (χ1v) is 6.66. The topological polar surface area (TPSA) is 69.6 Å². The Labute approximate surface area is 124 Å². The Morgan fingerprint density at radius 1 is 1.40 bits per heavy atom. The minimum atomic E-state index is -1.28. The summed E-state index contributed by atoms with van der Waals surface area (Å²) < 4.78 is 0. The van der Waals surface area contributed by atoms with Crippen LogP contribution in [0.1, 0.15) is 25.8 Å². The molecule has 1 amide bonds. The van der Waals surface area contributed by atoms with Gasteiger partial charge in [-0.25, -0.2) is 0 Å². The molecular weight excluding hydrogens is 278 g/mol. The van der Waals surface area contributed by atoms with E-state index < -0.39 is 11.2 Å². The summed E-state index contributed by atoms with van der Waals surface area (Å²) in [6.45, 7) is 6.52. The van der Waals surface area contributed by atoms with Crippen molar-refractivity contribution in [2.45, 2.75) is 31.5 Å². The monoisotopic (exact) mass is 297 g/mol. The summed E-state index contributed by atoms with van der Waals surface area (Å²) in [6, 6.07) is 6.91. The van der Waals surface area contributed by atoms with Crippen LogP contribution in [-0.2, 0) is 10.4 Å². The Hall–Kier alpha value is -1.36. The molecule has 0 saturated heterocycles. The molecule has 0 unspecified atom stereocenters. The van der Waals surface area contributed by atoms with Gasteiger partial charge in [-0.15, -0.1) is 6.58 Å². The molecule has 5 heteroatoms. The van der Waals surface area contributed by atoms with Crippen molar-refractivity contribution >= 4 is 17.5 Å². The molecule has 0 radical (unpaired) electrons. The molecule has 2 atom stereocenters. The van der Waals surface area contributed by atoms with E-state index in [4.69, 9.17) is 11.6 Å². The van der Waals surface area contributed by atoms with Gasteiger partial charge < -0.3 is 15.5 Å². The Morgan fingerprint density at radius 3 is 2.55 bits per heavy atom. The number of carbonyl (C=O) groups is 1. The summed E-state index contributed by atoms with van der Waals surface area (Å²) in [4.78, 5) is 11.7. The molecule has 0 heterocycles. The molecule has 4 nitrogen and oxygen atoms in total. The van der Waals surface area contributed by atoms with Gasteiger partial charge in [-0.1, -0.05) is 35.9 Å². The second kappa shape index (κ2) is 6.39. The standard InChI is InChI=1S/C15H20ClNO3/c1-4-14(2,19)9-13(18)17-10-15(3,20)11-7-5-6-8-12(11)16/h4-8,19-20H,1,9-10H2,2-3H3,(H,17,18)/t14-,15+/m0/s1. The fraction of sp³-hybridized carbons (Fsp3) is 0.400. The predicted octanol–water partition coefficient (Wildman–Crippen LogP) is 1.99. The highest BCUT2D eigenvalue weighted by molar-refractivity contribution is 6.31. The van der Waals surface area contributed by atoms with Crippen LogP contribution < -0.4 is 5.32 Å². The van der Waals surface area contributed by atoms with Crippen molar-refractivity contribution in [2.75, 3.05) is 6.54 Å². The van der Waals surface area contributed by atoms with Gasteiger partial charge in [-0.2, -0.15) is 0 Å². The van der Waals surface area contributed by atoms with Crippen LogP contribution in [0.5, 0.6) is 0 Å². The van der Waals surface area contributed by atoms with Gasteiger partial charge in [0.05, 0.1) is 18.6 Å². The average molecular weight is 298 g/mol. The number of benzene rings is 1. The van der Waals surface area contributed by atoms with E-state index in [1.165, 1.54) is 13.0 Å². The molecule has 0 fully saturated rings. The summed E-state index contributed by atoms with van der Waals surface area (Å²) in [7, 11) is 0. The lowest BCUT2D eigenvalue weighted by Crippen LogP contribution is -2.41. The van der Waals surface area contributed by atoms with Gasteiger partial charge in [0.25, 0.3) is 0 Å². The minimum absolute atomic E-state index is 0.00277. The predicted molar refractivity (Wildman–Crippen MR) is 79.5 cm³/mol. The molecule has 1 rings (SSSR count). The quantitative estimate of drug-likeness (QED) is 0.703. The number of rotatable bonds is 6. The van der Waals surface area contributed by atoms with Crippen molar-refractivity contribution in [2.24, 2.45) is 0 Å². The first-order chi connectivity index (χ1) is 9.18. The molecule has 0 bridgehead atoms. The normalized spacial score (nSPS) is 16.9. The van der Waals surface area contributed by atoms with Crippen molar-refractivity contribution in [3.63, 3.8) is 0 Å². The highest BCUT2D eigenvalue weighted by Gasteiger charge is 2.27. The zero-order valence-electron chi connectivity index (χ0n) is 11.7. The van der Waals surface area contributed by atoms with Crippen molar-refractivity contribution in [3.8, 4) is 0 Å². The smallest absolute Gasteiger partial charge is 0.223 e. The van der Waals surface area contributed by atoms with Crippen LogP contribution >= 0.6 is 11.6 Å². The molecule has 0 aliphatic rings. The Morgan fingerprint density at radius 2 is 2.00 bits per heavy atom. The first kappa shape index (κ1) is 16.7. The van der Waals surface area contributed by atoms with E-state index in [-0.39, 0.29) is 18.9 Å². The Bertz CT molecular complexity index is 498. The van der Waals surface area contributed by atoms with Gasteiger partial charge in [-0.05, 0) is 19.9 Å². The highest BCUT2D eigenvalue weighted by Crippen LogP contribution is 2.27. The molecule has 3 N–H and O–H groups in total. The molecule has 1 aromatic rings. The molecule has 0 aromatic heterocycles. The number of hydrogen-bond donors (Lipinski definition) is 3. The van der Waals surface area contributed by atoms with Crippen molar-refractivity contribution in [3.05, 3.63) is 47.5 Å². The van der Waals surface area contributed by atoms with E-state index in [0.29, 0.717) is 10.6 Å². The number of hydrogen-bond acceptors (Lipinski definition) is 3. The molecule has 110 valence electrons. The third-order valence-corrected chi connectivity index (χ3v) is 3.37. The zero-order chi connectivity index (χ0) is 15.4. The minimum Gasteiger partial charge on any atom is -0.386 e. The van der Waals surface area contributed by atoms with Crippen LogP contribution in [-0.4, -0.2) is 28.3 Å². The second-order valence-corrected chi connectivity index (χ2v) is 5.68. The first-order valence-electron chi connectivity index (χ1n) is 6.28. The summed E-state index contributed by atoms with van der Waals surface area (Å²) in [5.41, 5.74) is -2.01. The zero-order valence-corrected chi connectivity index (χ0v) is 12.4. The van der Waals surface area contributed by atoms with E-state index in [9.17, 15) is 15.0 Å². The lowest BCUT2D eigenvalue weighted by atomic mass is 9.95. The van der Waals surface area contributed by atoms with Crippen molar-refractivity contribution in [1.29, 1.82) is 0 Å². The number of aliphatic hydroxyl groups is 2. The molecular formula is C15H20ClNO3. The van der Waals surface area contributed by atoms with Gasteiger partial charge >= 0.3 is 0 Å². The molecule has 0 saturated carbocycles. The summed E-state index contributed by atoms with van der Waals surface area (Å²) >= 11 is 6.03. The molecule has 0 aliphatic carbocycles. The summed E-state index contributed by atoms with van der Waals surface area (Å²) in [6.07, 6.45) is 1.19. The van der Waals surface area contributed by atoms with Gasteiger partial charge in [0.15, 0.2) is 0 Å². The maximum atomic E-state index is 11.7. The number of halogens is 1. The van der Waals surface area contributed by atoms with Crippen LogP contribution in [0.3, 0.4) is 0 Å². The van der Waals surface area contributed by atoms with Gasteiger partial charge in [0.1, 0.15) is 5.60 Å². The lowest BCUT2D eigenvalue weighted by molar-refractivity contribution is -0.125. The van der Waals surface area contributed by atoms with E-state index in [0.717, 1.165) is 0 Å². The third-order valence-electron chi connectivity index (χ3n) is 3.04. The van der Waals surface area contributed by atoms with Crippen LogP contribution in [0, 0.1) is 0 Å². The molecule has 20 heavy (non-hydrogen) atoms. The SMILES string of the molecule is C=C[C@](C)(O)CC(=O)NC[C@@](C)(O)c1ccccc1Cl. The van der Waals surface area contributed by atoms with Crippen LogP contribution in [0.25, 0.3) is 0 Å². The van der Waals surface area contributed by atoms with Gasteiger partial charge in [0.2, 0.25) is 5.91 Å². The second-order valence-electron chi connectivity index (χ2n) is 5.27. The van der Waals surface area contributed by atoms with E-state index >= 15 is 0 Å². The lowest BCUT2D eigenvalue weighted by Gasteiger charge is -2.26. The summed E-state index contributed by atoms with van der Waals surface area (Å²) in [5.74, 6) is -0.373. The average Bonchev–Trinajstić information content (AvgIpc) is 2.36. The van der Waals surface area contributed by atoms with E-state index in [1.54, 1.807) is 31.2 Å². The Balaban J connectivity index is 2.67. The molecule has 1 aromatic carbocycles.